The fourth-order valence-corrected chi connectivity index (χ4v) is 2.89. The minimum atomic E-state index is -0.247. The van der Waals surface area contributed by atoms with Crippen LogP contribution in [0.5, 0.6) is 0 Å². The molecule has 5 heteroatoms. The Morgan fingerprint density at radius 2 is 2.00 bits per heavy atom. The van der Waals surface area contributed by atoms with Crippen LogP contribution in [0, 0.1) is 5.82 Å². The van der Waals surface area contributed by atoms with Crippen LogP contribution in [-0.4, -0.2) is 60.1 Å². The van der Waals surface area contributed by atoms with E-state index < -0.39 is 0 Å². The van der Waals surface area contributed by atoms with E-state index in [-0.39, 0.29) is 11.9 Å². The van der Waals surface area contributed by atoms with E-state index in [1.54, 1.807) is 12.3 Å². The lowest BCUT2D eigenvalue weighted by molar-refractivity contribution is 0.0551. The van der Waals surface area contributed by atoms with Crippen molar-refractivity contribution < 1.29 is 4.39 Å². The highest BCUT2D eigenvalue weighted by Crippen LogP contribution is 2.22. The van der Waals surface area contributed by atoms with Gasteiger partial charge in [-0.05, 0) is 18.6 Å². The number of hydrogen-bond donors (Lipinski definition) is 1. The molecule has 1 unspecified atom stereocenters. The van der Waals surface area contributed by atoms with E-state index in [2.05, 4.69) is 27.0 Å². The summed E-state index contributed by atoms with van der Waals surface area (Å²) in [5.41, 5.74) is 0.971. The quantitative estimate of drug-likeness (QED) is 0.878. The van der Waals surface area contributed by atoms with Gasteiger partial charge in [0.15, 0.2) is 0 Å². The van der Waals surface area contributed by atoms with Gasteiger partial charge in [-0.15, -0.1) is 0 Å². The number of nitrogens with one attached hydrogen (secondary N) is 1. The lowest BCUT2D eigenvalue weighted by Gasteiger charge is -2.44. The molecule has 19 heavy (non-hydrogen) atoms. The van der Waals surface area contributed by atoms with Gasteiger partial charge in [0.1, 0.15) is 5.82 Å². The van der Waals surface area contributed by atoms with Crippen molar-refractivity contribution in [3.05, 3.63) is 29.8 Å². The van der Waals surface area contributed by atoms with Crippen LogP contribution >= 0.6 is 0 Å². The summed E-state index contributed by atoms with van der Waals surface area (Å²) < 4.78 is 13.2. The summed E-state index contributed by atoms with van der Waals surface area (Å²) in [6.45, 7) is 8.71. The smallest absolute Gasteiger partial charge is 0.141 e. The van der Waals surface area contributed by atoms with E-state index in [4.69, 9.17) is 0 Å². The Bertz CT molecular complexity index is 427. The van der Waals surface area contributed by atoms with E-state index in [1.807, 2.05) is 0 Å². The fraction of sp³-hybridized carbons (Fsp3) is 0.643. The number of aromatic nitrogens is 1. The molecular weight excluding hydrogens is 243 g/mol. The van der Waals surface area contributed by atoms with Gasteiger partial charge in [-0.1, -0.05) is 0 Å². The molecule has 0 amide bonds. The molecule has 1 atom stereocenters. The predicted molar refractivity (Wildman–Crippen MR) is 72.4 cm³/mol. The van der Waals surface area contributed by atoms with Crippen molar-refractivity contribution in [2.24, 2.45) is 0 Å². The number of hydrogen-bond acceptors (Lipinski definition) is 4. The summed E-state index contributed by atoms with van der Waals surface area (Å²) in [7, 11) is 0. The van der Waals surface area contributed by atoms with Crippen molar-refractivity contribution in [2.75, 3.05) is 39.3 Å². The molecule has 1 N–H and O–H groups in total. The van der Waals surface area contributed by atoms with Crippen molar-refractivity contribution in [2.45, 2.75) is 19.0 Å². The molecule has 0 aliphatic carbocycles. The molecule has 2 saturated heterocycles. The van der Waals surface area contributed by atoms with Gasteiger partial charge in [0, 0.05) is 57.5 Å². The third-order valence-electron chi connectivity index (χ3n) is 4.38. The van der Waals surface area contributed by atoms with Crippen LogP contribution in [0.3, 0.4) is 0 Å². The van der Waals surface area contributed by atoms with Crippen molar-refractivity contribution in [1.82, 2.24) is 20.1 Å². The number of nitrogens with zero attached hydrogens (tertiary/aromatic N) is 3. The van der Waals surface area contributed by atoms with Gasteiger partial charge in [-0.3, -0.25) is 14.8 Å². The normalized spacial score (nSPS) is 24.1. The number of halogens is 1. The van der Waals surface area contributed by atoms with Crippen LogP contribution < -0.4 is 5.32 Å². The van der Waals surface area contributed by atoms with Crippen LogP contribution in [0.4, 0.5) is 4.39 Å². The molecule has 1 aromatic heterocycles. The zero-order chi connectivity index (χ0) is 13.2. The number of rotatable bonds is 3. The maximum atomic E-state index is 13.2. The van der Waals surface area contributed by atoms with Crippen molar-refractivity contribution in [3.63, 3.8) is 0 Å². The van der Waals surface area contributed by atoms with Gasteiger partial charge in [0.25, 0.3) is 0 Å². The Labute approximate surface area is 113 Å². The molecule has 2 aliphatic rings. The Morgan fingerprint density at radius 1 is 1.26 bits per heavy atom. The van der Waals surface area contributed by atoms with E-state index >= 15 is 0 Å². The Kier molecular flexibility index (Phi) is 3.77. The highest BCUT2D eigenvalue weighted by atomic mass is 19.1. The zero-order valence-corrected chi connectivity index (χ0v) is 11.3. The summed E-state index contributed by atoms with van der Waals surface area (Å²) in [4.78, 5) is 8.92. The van der Waals surface area contributed by atoms with Gasteiger partial charge < -0.3 is 5.32 Å². The molecule has 3 rings (SSSR count). The maximum absolute atomic E-state index is 13.2. The molecule has 0 saturated carbocycles. The van der Waals surface area contributed by atoms with Gasteiger partial charge in [-0.2, -0.15) is 0 Å². The topological polar surface area (TPSA) is 31.4 Å². The minimum Gasteiger partial charge on any atom is -0.314 e. The lowest BCUT2D eigenvalue weighted by Crippen LogP contribution is -2.61. The third-order valence-corrected chi connectivity index (χ3v) is 4.38. The highest BCUT2D eigenvalue weighted by molar-refractivity contribution is 5.14. The number of piperazine rings is 1. The Balaban J connectivity index is 1.58. The molecule has 1 aromatic rings. The van der Waals surface area contributed by atoms with Crippen LogP contribution in [0.1, 0.15) is 18.5 Å². The number of pyridine rings is 1. The Morgan fingerprint density at radius 3 is 2.58 bits per heavy atom. The summed E-state index contributed by atoms with van der Waals surface area (Å²) in [6.07, 6.45) is 3.04. The van der Waals surface area contributed by atoms with Gasteiger partial charge in [0.2, 0.25) is 0 Å². The summed E-state index contributed by atoms with van der Waals surface area (Å²) in [5, 5.41) is 3.32. The van der Waals surface area contributed by atoms with Gasteiger partial charge in [-0.25, -0.2) is 4.39 Å². The SMILES string of the molecule is CC(c1cncc(F)c1)N1CCN(C2CNC2)CC1. The van der Waals surface area contributed by atoms with E-state index in [1.165, 1.54) is 6.20 Å². The van der Waals surface area contributed by atoms with Crippen LogP contribution in [0.2, 0.25) is 0 Å². The molecule has 0 radical (unpaired) electrons. The minimum absolute atomic E-state index is 0.241. The first kappa shape index (κ1) is 13.0. The van der Waals surface area contributed by atoms with Gasteiger partial charge >= 0.3 is 0 Å². The molecule has 0 spiro atoms. The monoisotopic (exact) mass is 264 g/mol. The lowest BCUT2D eigenvalue weighted by atomic mass is 10.1. The molecule has 2 aliphatic heterocycles. The third kappa shape index (κ3) is 2.78. The van der Waals surface area contributed by atoms with Crippen molar-refractivity contribution in [1.29, 1.82) is 0 Å². The van der Waals surface area contributed by atoms with E-state index in [0.29, 0.717) is 0 Å². The standard InChI is InChI=1S/C14H21FN4/c1-11(12-6-13(15)8-16-7-12)18-2-4-19(5-3-18)14-9-17-10-14/h6-8,11,14,17H,2-5,9-10H2,1H3. The molecule has 3 heterocycles. The molecule has 2 fully saturated rings. The second-order valence-electron chi connectivity index (χ2n) is 5.50. The summed E-state index contributed by atoms with van der Waals surface area (Å²) in [5.74, 6) is -0.247. The second-order valence-corrected chi connectivity index (χ2v) is 5.50. The molecular formula is C14H21FN4. The van der Waals surface area contributed by atoms with Crippen LogP contribution in [0.15, 0.2) is 18.5 Å². The van der Waals surface area contributed by atoms with Crippen molar-refractivity contribution >= 4 is 0 Å². The first-order chi connectivity index (χ1) is 9.24. The first-order valence-electron chi connectivity index (χ1n) is 7.03. The molecule has 0 aromatic carbocycles. The van der Waals surface area contributed by atoms with E-state index in [0.717, 1.165) is 50.9 Å². The molecule has 0 bridgehead atoms. The first-order valence-corrected chi connectivity index (χ1v) is 7.03. The maximum Gasteiger partial charge on any atom is 0.141 e. The molecule has 4 nitrogen and oxygen atoms in total. The Hall–Kier alpha value is -1.04. The molecule has 104 valence electrons. The fourth-order valence-electron chi connectivity index (χ4n) is 2.89. The predicted octanol–water partition coefficient (Wildman–Crippen LogP) is 0.871. The van der Waals surface area contributed by atoms with Crippen molar-refractivity contribution in [3.8, 4) is 0 Å². The largest absolute Gasteiger partial charge is 0.314 e. The van der Waals surface area contributed by atoms with Crippen LogP contribution in [0.25, 0.3) is 0 Å². The summed E-state index contributed by atoms with van der Waals surface area (Å²) in [6, 6.07) is 2.57. The van der Waals surface area contributed by atoms with E-state index in [9.17, 15) is 4.39 Å². The average molecular weight is 264 g/mol. The summed E-state index contributed by atoms with van der Waals surface area (Å²) >= 11 is 0. The zero-order valence-electron chi connectivity index (χ0n) is 11.3. The highest BCUT2D eigenvalue weighted by Gasteiger charge is 2.29. The second kappa shape index (κ2) is 5.53. The van der Waals surface area contributed by atoms with Crippen LogP contribution in [-0.2, 0) is 0 Å². The average Bonchev–Trinajstić information content (AvgIpc) is 2.37. The van der Waals surface area contributed by atoms with Gasteiger partial charge in [0.05, 0.1) is 6.20 Å².